The number of anilines is 3. The highest BCUT2D eigenvalue weighted by Gasteiger charge is 2.17. The zero-order valence-electron chi connectivity index (χ0n) is 30.0. The van der Waals surface area contributed by atoms with Gasteiger partial charge in [-0.2, -0.15) is 0 Å². The molecule has 260 valence electrons. The van der Waals surface area contributed by atoms with Gasteiger partial charge in [-0.25, -0.2) is 0 Å². The molecule has 8 aromatic carbocycles. The topological polar surface area (TPSA) is 29.6 Å². The van der Waals surface area contributed by atoms with Crippen LogP contribution in [0.3, 0.4) is 0 Å². The first-order valence-electron chi connectivity index (χ1n) is 18.6. The Balaban J connectivity index is 1.01. The number of hydrogen-bond donors (Lipinski definition) is 0. The molecule has 0 saturated carbocycles. The van der Waals surface area contributed by atoms with Crippen LogP contribution in [0.25, 0.3) is 66.5 Å². The van der Waals surface area contributed by atoms with Gasteiger partial charge < -0.3 is 4.90 Å². The van der Waals surface area contributed by atoms with Crippen molar-refractivity contribution in [2.75, 3.05) is 4.90 Å². The average molecular weight is 706 g/mol. The minimum atomic E-state index is -0.0308. The number of fused-ring (bicyclic) bond motifs is 5. The van der Waals surface area contributed by atoms with E-state index >= 15 is 0 Å². The van der Waals surface area contributed by atoms with Gasteiger partial charge in [0.05, 0.1) is 22.1 Å². The van der Waals surface area contributed by atoms with Gasteiger partial charge in [0, 0.05) is 22.4 Å². The molecule has 0 aliphatic carbocycles. The SMILES string of the molecule is O=c1c2ccccc2n2c3ccccc3cc2n1-c1ccc(-c2ccc(N(c3ccc(-c4ccccc4)cc3)c3ccc(-c4ccccc4)cc3)cc2)cc1. The maximum atomic E-state index is 14.0. The van der Waals surface area contributed by atoms with Gasteiger partial charge in [-0.15, -0.1) is 0 Å². The van der Waals surface area contributed by atoms with Crippen molar-refractivity contribution < 1.29 is 0 Å². The molecule has 0 amide bonds. The van der Waals surface area contributed by atoms with Crippen molar-refractivity contribution in [1.82, 2.24) is 8.97 Å². The molecule has 0 bridgehead atoms. The van der Waals surface area contributed by atoms with E-state index in [4.69, 9.17) is 0 Å². The normalized spacial score (nSPS) is 11.3. The van der Waals surface area contributed by atoms with Crippen LogP contribution in [0.4, 0.5) is 17.1 Å². The van der Waals surface area contributed by atoms with Crippen LogP contribution in [0.5, 0.6) is 0 Å². The predicted octanol–water partition coefficient (Wildman–Crippen LogP) is 12.9. The fraction of sp³-hybridized carbons (Fsp3) is 0. The summed E-state index contributed by atoms with van der Waals surface area (Å²) in [6.45, 7) is 0. The lowest BCUT2D eigenvalue weighted by Gasteiger charge is -2.26. The summed E-state index contributed by atoms with van der Waals surface area (Å²) in [5.74, 6) is 0. The summed E-state index contributed by atoms with van der Waals surface area (Å²) in [7, 11) is 0. The zero-order valence-corrected chi connectivity index (χ0v) is 30.0. The molecule has 0 N–H and O–H groups in total. The van der Waals surface area contributed by atoms with Crippen LogP contribution in [0, 0.1) is 0 Å². The lowest BCUT2D eigenvalue weighted by atomic mass is 10.0. The van der Waals surface area contributed by atoms with E-state index in [2.05, 4.69) is 161 Å². The van der Waals surface area contributed by atoms with Crippen molar-refractivity contribution in [3.8, 4) is 39.1 Å². The highest BCUT2D eigenvalue weighted by molar-refractivity contribution is 5.94. The lowest BCUT2D eigenvalue weighted by molar-refractivity contribution is 1.01. The Morgan fingerprint density at radius 3 is 1.27 bits per heavy atom. The van der Waals surface area contributed by atoms with Gasteiger partial charge in [-0.1, -0.05) is 140 Å². The third-order valence-electron chi connectivity index (χ3n) is 10.5. The number of hydrogen-bond acceptors (Lipinski definition) is 2. The summed E-state index contributed by atoms with van der Waals surface area (Å²) in [5, 5.41) is 1.78. The molecule has 10 aromatic rings. The highest BCUT2D eigenvalue weighted by atomic mass is 16.1. The van der Waals surface area contributed by atoms with Crippen LogP contribution in [0.2, 0.25) is 0 Å². The molecular weight excluding hydrogens is 671 g/mol. The molecule has 0 radical (unpaired) electrons. The van der Waals surface area contributed by atoms with E-state index in [0.717, 1.165) is 55.9 Å². The fourth-order valence-corrected chi connectivity index (χ4v) is 7.80. The average Bonchev–Trinajstić information content (AvgIpc) is 3.65. The van der Waals surface area contributed by atoms with E-state index in [1.807, 2.05) is 65.2 Å². The maximum Gasteiger partial charge on any atom is 0.266 e. The molecule has 0 saturated heterocycles. The van der Waals surface area contributed by atoms with Gasteiger partial charge >= 0.3 is 0 Å². The number of para-hydroxylation sites is 2. The van der Waals surface area contributed by atoms with Crippen molar-refractivity contribution in [1.29, 1.82) is 0 Å². The van der Waals surface area contributed by atoms with Crippen LogP contribution in [0.15, 0.2) is 217 Å². The standard InChI is InChI=1S/C51H35N3O/c55-51-47-16-8-10-18-49(47)54-48-17-9-7-15-42(48)35-50(54)53(51)46-33-25-41(26-34-46)40-23-31-45(32-24-40)52(43-27-19-38(20-28-43)36-11-3-1-4-12-36)44-29-21-39(22-30-44)37-13-5-2-6-14-37/h1-35H. The van der Waals surface area contributed by atoms with E-state index in [1.165, 1.54) is 22.3 Å². The van der Waals surface area contributed by atoms with Gasteiger partial charge in [-0.05, 0) is 106 Å². The largest absolute Gasteiger partial charge is 0.311 e. The highest BCUT2D eigenvalue weighted by Crippen LogP contribution is 2.38. The van der Waals surface area contributed by atoms with Gasteiger partial charge in [-0.3, -0.25) is 13.8 Å². The summed E-state index contributed by atoms with van der Waals surface area (Å²) < 4.78 is 4.02. The number of aromatic nitrogens is 2. The third-order valence-corrected chi connectivity index (χ3v) is 10.5. The van der Waals surface area contributed by atoms with Crippen LogP contribution >= 0.6 is 0 Å². The first kappa shape index (κ1) is 32.2. The molecular formula is C51H35N3O. The summed E-state index contributed by atoms with van der Waals surface area (Å²) in [6, 6.07) is 73.8. The van der Waals surface area contributed by atoms with Crippen molar-refractivity contribution in [2.24, 2.45) is 0 Å². The minimum absolute atomic E-state index is 0.0308. The summed E-state index contributed by atoms with van der Waals surface area (Å²) in [5.41, 5.74) is 13.8. The Morgan fingerprint density at radius 1 is 0.364 bits per heavy atom. The Morgan fingerprint density at radius 2 is 0.764 bits per heavy atom. The molecule has 0 aliphatic rings. The van der Waals surface area contributed by atoms with E-state index in [9.17, 15) is 4.79 Å². The molecule has 4 nitrogen and oxygen atoms in total. The van der Waals surface area contributed by atoms with Crippen LogP contribution in [-0.4, -0.2) is 8.97 Å². The van der Waals surface area contributed by atoms with Gasteiger partial charge in [0.2, 0.25) is 0 Å². The van der Waals surface area contributed by atoms with Crippen molar-refractivity contribution >= 4 is 44.5 Å². The van der Waals surface area contributed by atoms with Crippen LogP contribution < -0.4 is 10.5 Å². The molecule has 0 spiro atoms. The quantitative estimate of drug-likeness (QED) is 0.165. The number of benzene rings is 8. The molecule has 0 fully saturated rings. The fourth-order valence-electron chi connectivity index (χ4n) is 7.80. The second-order valence-corrected chi connectivity index (χ2v) is 13.8. The lowest BCUT2D eigenvalue weighted by Crippen LogP contribution is -2.21. The first-order chi connectivity index (χ1) is 27.2. The van der Waals surface area contributed by atoms with Gasteiger partial charge in [0.25, 0.3) is 5.56 Å². The van der Waals surface area contributed by atoms with Gasteiger partial charge in [0.15, 0.2) is 0 Å². The smallest absolute Gasteiger partial charge is 0.266 e. The number of rotatable bonds is 7. The molecule has 2 heterocycles. The molecule has 2 aromatic heterocycles. The molecule has 0 unspecified atom stereocenters. The molecule has 4 heteroatoms. The monoisotopic (exact) mass is 705 g/mol. The van der Waals surface area contributed by atoms with E-state index < -0.39 is 0 Å². The van der Waals surface area contributed by atoms with Crippen LogP contribution in [0.1, 0.15) is 0 Å². The summed E-state index contributed by atoms with van der Waals surface area (Å²) in [6.07, 6.45) is 0. The van der Waals surface area contributed by atoms with Crippen molar-refractivity contribution in [3.05, 3.63) is 223 Å². The molecule has 0 atom stereocenters. The first-order valence-corrected chi connectivity index (χ1v) is 18.6. The molecule has 0 aliphatic heterocycles. The summed E-state index contributed by atoms with van der Waals surface area (Å²) in [4.78, 5) is 16.3. The third kappa shape index (κ3) is 5.77. The van der Waals surface area contributed by atoms with E-state index in [1.54, 1.807) is 0 Å². The van der Waals surface area contributed by atoms with Gasteiger partial charge in [0.1, 0.15) is 5.65 Å². The maximum absolute atomic E-state index is 14.0. The van der Waals surface area contributed by atoms with Crippen LogP contribution in [-0.2, 0) is 0 Å². The summed E-state index contributed by atoms with van der Waals surface area (Å²) >= 11 is 0. The van der Waals surface area contributed by atoms with Crippen molar-refractivity contribution in [3.63, 3.8) is 0 Å². The second-order valence-electron chi connectivity index (χ2n) is 13.8. The predicted molar refractivity (Wildman–Crippen MR) is 229 cm³/mol. The minimum Gasteiger partial charge on any atom is -0.311 e. The van der Waals surface area contributed by atoms with E-state index in [0.29, 0.717) is 5.39 Å². The zero-order chi connectivity index (χ0) is 36.7. The van der Waals surface area contributed by atoms with E-state index in [-0.39, 0.29) is 5.56 Å². The Hall–Kier alpha value is -7.43. The molecule has 55 heavy (non-hydrogen) atoms. The Labute approximate surface area is 319 Å². The Bertz CT molecular complexity index is 2920. The second kappa shape index (κ2) is 13.5. The Kier molecular flexibility index (Phi) is 7.93. The molecule has 10 rings (SSSR count). The number of nitrogens with zero attached hydrogens (tertiary/aromatic N) is 3. The van der Waals surface area contributed by atoms with Crippen molar-refractivity contribution in [2.45, 2.75) is 0 Å².